The van der Waals surface area contributed by atoms with Gasteiger partial charge in [-0.25, -0.2) is 0 Å². The van der Waals surface area contributed by atoms with E-state index < -0.39 is 0 Å². The fourth-order valence-electron chi connectivity index (χ4n) is 0.309. The van der Waals surface area contributed by atoms with Crippen LogP contribution in [-0.4, -0.2) is 11.9 Å². The molecule has 3 nitrogen and oxygen atoms in total. The van der Waals surface area contributed by atoms with E-state index in [9.17, 15) is 0 Å². The maximum Gasteiger partial charge on any atom is 0.116 e. The predicted molar refractivity (Wildman–Crippen MR) is 44.7 cm³/mol. The third kappa shape index (κ3) is 3.95. The normalized spacial score (nSPS) is 14.5. The summed E-state index contributed by atoms with van der Waals surface area (Å²) in [6.07, 6.45) is 0. The number of amidine groups is 1. The fourth-order valence-corrected chi connectivity index (χ4v) is 0.309. The van der Waals surface area contributed by atoms with Crippen molar-refractivity contribution in [3.8, 4) is 0 Å². The van der Waals surface area contributed by atoms with Crippen LogP contribution in [0, 0.1) is 0 Å². The van der Waals surface area contributed by atoms with Crippen molar-refractivity contribution in [1.82, 2.24) is 5.43 Å². The van der Waals surface area contributed by atoms with Gasteiger partial charge in [0.1, 0.15) is 5.84 Å². The molecule has 0 heterocycles. The van der Waals surface area contributed by atoms with E-state index >= 15 is 0 Å². The molecule has 1 atom stereocenters. The average molecular weight is 141 g/mol. The lowest BCUT2D eigenvalue weighted by atomic mass is 10.2. The van der Waals surface area contributed by atoms with Crippen LogP contribution in [-0.2, 0) is 0 Å². The van der Waals surface area contributed by atoms with E-state index in [-0.39, 0.29) is 6.04 Å². The molecule has 0 bridgehead atoms. The summed E-state index contributed by atoms with van der Waals surface area (Å²) in [6.45, 7) is 9.42. The number of nitrogens with zero attached hydrogens (tertiary/aromatic N) is 1. The molecule has 0 fully saturated rings. The first kappa shape index (κ1) is 9.01. The van der Waals surface area contributed by atoms with Crippen LogP contribution in [0.4, 0.5) is 0 Å². The molecule has 3 N–H and O–H groups in total. The van der Waals surface area contributed by atoms with Crippen LogP contribution in [0.3, 0.4) is 0 Å². The fraction of sp³-hybridized carbons (Fsp3) is 0.571. The molecule has 0 amide bonds. The Morgan fingerprint density at radius 1 is 1.60 bits per heavy atom. The van der Waals surface area contributed by atoms with E-state index in [1.54, 1.807) is 6.92 Å². The molecule has 0 aromatic heterocycles. The quantitative estimate of drug-likeness (QED) is 0.265. The van der Waals surface area contributed by atoms with Crippen molar-refractivity contribution in [3.05, 3.63) is 12.2 Å². The second-order valence-corrected chi connectivity index (χ2v) is 2.45. The minimum absolute atomic E-state index is 0.193. The number of hydrazone groups is 1. The van der Waals surface area contributed by atoms with Crippen molar-refractivity contribution >= 4 is 5.84 Å². The summed E-state index contributed by atoms with van der Waals surface area (Å²) in [4.78, 5) is 0. The molecule has 0 spiro atoms. The predicted octanol–water partition coefficient (Wildman–Crippen LogP) is 0.833. The van der Waals surface area contributed by atoms with Crippen LogP contribution in [0.5, 0.6) is 0 Å². The smallest absolute Gasteiger partial charge is 0.116 e. The van der Waals surface area contributed by atoms with Crippen LogP contribution in [0.1, 0.15) is 20.8 Å². The Morgan fingerprint density at radius 2 is 2.10 bits per heavy atom. The maximum absolute atomic E-state index is 5.30. The van der Waals surface area contributed by atoms with E-state index in [0.29, 0.717) is 5.84 Å². The van der Waals surface area contributed by atoms with Gasteiger partial charge >= 0.3 is 0 Å². The largest absolute Gasteiger partial charge is 0.386 e. The number of nitrogens with two attached hydrogens (primary N) is 1. The van der Waals surface area contributed by atoms with Crippen molar-refractivity contribution in [2.45, 2.75) is 26.8 Å². The summed E-state index contributed by atoms with van der Waals surface area (Å²) < 4.78 is 0. The molecule has 0 aliphatic rings. The SMILES string of the molecule is C=C(C)C(C)NN=C(C)N. The topological polar surface area (TPSA) is 50.4 Å². The zero-order valence-corrected chi connectivity index (χ0v) is 6.81. The highest BCUT2D eigenvalue weighted by Crippen LogP contribution is 1.94. The Labute approximate surface area is 62.0 Å². The van der Waals surface area contributed by atoms with E-state index in [2.05, 4.69) is 17.1 Å². The van der Waals surface area contributed by atoms with Gasteiger partial charge in [-0.2, -0.15) is 5.10 Å². The third-order valence-corrected chi connectivity index (χ3v) is 1.17. The summed E-state index contributed by atoms with van der Waals surface area (Å²) in [6, 6.07) is 0.193. The van der Waals surface area contributed by atoms with Gasteiger partial charge in [-0.1, -0.05) is 12.2 Å². The molecule has 0 rings (SSSR count). The molecule has 0 saturated carbocycles. The highest BCUT2D eigenvalue weighted by molar-refractivity contribution is 5.77. The molecule has 0 radical (unpaired) electrons. The lowest BCUT2D eigenvalue weighted by molar-refractivity contribution is 0.643. The zero-order chi connectivity index (χ0) is 8.15. The highest BCUT2D eigenvalue weighted by Gasteiger charge is 1.96. The molecular weight excluding hydrogens is 126 g/mol. The lowest BCUT2D eigenvalue weighted by Gasteiger charge is -2.09. The summed E-state index contributed by atoms with van der Waals surface area (Å²) >= 11 is 0. The van der Waals surface area contributed by atoms with Gasteiger partial charge in [-0.3, -0.25) is 0 Å². The van der Waals surface area contributed by atoms with Crippen molar-refractivity contribution in [3.63, 3.8) is 0 Å². The van der Waals surface area contributed by atoms with Gasteiger partial charge in [0.2, 0.25) is 0 Å². The summed E-state index contributed by atoms with van der Waals surface area (Å²) in [5.41, 5.74) is 9.19. The minimum atomic E-state index is 0.193. The van der Waals surface area contributed by atoms with Crippen LogP contribution in [0.15, 0.2) is 17.3 Å². The summed E-state index contributed by atoms with van der Waals surface area (Å²) in [5, 5.41) is 3.83. The van der Waals surface area contributed by atoms with Crippen LogP contribution in [0.25, 0.3) is 0 Å². The number of hydrogen-bond donors (Lipinski definition) is 2. The molecule has 58 valence electrons. The first-order valence-electron chi connectivity index (χ1n) is 3.24. The van der Waals surface area contributed by atoms with Gasteiger partial charge in [-0.15, -0.1) is 0 Å². The Hall–Kier alpha value is -0.990. The van der Waals surface area contributed by atoms with Crippen molar-refractivity contribution in [2.75, 3.05) is 0 Å². The highest BCUT2D eigenvalue weighted by atomic mass is 15.3. The van der Waals surface area contributed by atoms with Crippen molar-refractivity contribution in [1.29, 1.82) is 0 Å². The van der Waals surface area contributed by atoms with Crippen LogP contribution >= 0.6 is 0 Å². The number of nitrogens with one attached hydrogen (secondary N) is 1. The molecule has 0 aromatic carbocycles. The van der Waals surface area contributed by atoms with Crippen molar-refractivity contribution < 1.29 is 0 Å². The number of hydrogen-bond acceptors (Lipinski definition) is 2. The second-order valence-electron chi connectivity index (χ2n) is 2.45. The minimum Gasteiger partial charge on any atom is -0.386 e. The van der Waals surface area contributed by atoms with Crippen LogP contribution in [0.2, 0.25) is 0 Å². The van der Waals surface area contributed by atoms with Crippen LogP contribution < -0.4 is 11.2 Å². The molecule has 10 heavy (non-hydrogen) atoms. The van der Waals surface area contributed by atoms with E-state index in [0.717, 1.165) is 5.57 Å². The first-order chi connectivity index (χ1) is 4.54. The second kappa shape index (κ2) is 3.93. The number of rotatable bonds is 3. The standard InChI is InChI=1S/C7H15N3/c1-5(2)6(3)9-10-7(4)8/h6,9H,1H2,2-4H3,(H2,8,10). The molecule has 0 aliphatic heterocycles. The third-order valence-electron chi connectivity index (χ3n) is 1.17. The van der Waals surface area contributed by atoms with E-state index in [4.69, 9.17) is 5.73 Å². The Kier molecular flexibility index (Phi) is 3.54. The molecule has 0 aliphatic carbocycles. The van der Waals surface area contributed by atoms with E-state index in [1.807, 2.05) is 13.8 Å². The van der Waals surface area contributed by atoms with Gasteiger partial charge in [0.15, 0.2) is 0 Å². The molecule has 0 aromatic rings. The Balaban J connectivity index is 3.70. The Bertz CT molecular complexity index is 145. The van der Waals surface area contributed by atoms with Gasteiger partial charge in [-0.05, 0) is 20.8 Å². The molecule has 1 unspecified atom stereocenters. The molecular formula is C7H15N3. The van der Waals surface area contributed by atoms with Gasteiger partial charge in [0, 0.05) is 0 Å². The lowest BCUT2D eigenvalue weighted by Crippen LogP contribution is -2.24. The zero-order valence-electron chi connectivity index (χ0n) is 6.81. The Morgan fingerprint density at radius 3 is 2.40 bits per heavy atom. The summed E-state index contributed by atoms with van der Waals surface area (Å²) in [7, 11) is 0. The molecule has 3 heteroatoms. The average Bonchev–Trinajstić information content (AvgIpc) is 1.82. The maximum atomic E-state index is 5.30. The van der Waals surface area contributed by atoms with Gasteiger partial charge in [0.25, 0.3) is 0 Å². The van der Waals surface area contributed by atoms with Gasteiger partial charge < -0.3 is 11.2 Å². The van der Waals surface area contributed by atoms with E-state index in [1.165, 1.54) is 0 Å². The first-order valence-corrected chi connectivity index (χ1v) is 3.24. The van der Waals surface area contributed by atoms with Crippen molar-refractivity contribution in [2.24, 2.45) is 10.8 Å². The monoisotopic (exact) mass is 141 g/mol. The summed E-state index contributed by atoms with van der Waals surface area (Å²) in [5.74, 6) is 0.535. The van der Waals surface area contributed by atoms with Gasteiger partial charge in [0.05, 0.1) is 6.04 Å². The molecule has 0 saturated heterocycles.